The second-order valence-electron chi connectivity index (χ2n) is 5.72. The van der Waals surface area contributed by atoms with E-state index in [4.69, 9.17) is 32.7 Å². The van der Waals surface area contributed by atoms with Crippen LogP contribution in [0.3, 0.4) is 0 Å². The Bertz CT molecular complexity index is 894. The molecule has 2 rings (SSSR count). The summed E-state index contributed by atoms with van der Waals surface area (Å²) in [6.07, 6.45) is 1.29. The summed E-state index contributed by atoms with van der Waals surface area (Å²) in [6, 6.07) is 10.3. The molecule has 1 amide bonds. The second kappa shape index (κ2) is 10.0. The Morgan fingerprint density at radius 2 is 1.82 bits per heavy atom. The molecular weight excluding hydrogens is 405 g/mol. The van der Waals surface area contributed by atoms with Gasteiger partial charge in [-0.1, -0.05) is 35.3 Å². The van der Waals surface area contributed by atoms with Crippen LogP contribution in [-0.4, -0.2) is 23.6 Å². The van der Waals surface area contributed by atoms with Gasteiger partial charge in [0.25, 0.3) is 0 Å². The van der Waals surface area contributed by atoms with Crippen LogP contribution in [0.5, 0.6) is 11.5 Å². The van der Waals surface area contributed by atoms with E-state index in [1.807, 2.05) is 12.1 Å². The number of ether oxygens (including phenoxy) is 2. The average Bonchev–Trinajstić information content (AvgIpc) is 2.62. The molecule has 0 atom stereocenters. The highest BCUT2D eigenvalue weighted by molar-refractivity contribution is 6.32. The SMILES string of the molecule is CCOc1cc(/C=C(/NC(C)=O)C(=O)O)cc(Cl)c1OCc1ccc(Cl)cc1. The maximum Gasteiger partial charge on any atom is 0.352 e. The van der Waals surface area contributed by atoms with E-state index >= 15 is 0 Å². The van der Waals surface area contributed by atoms with Gasteiger partial charge in [-0.05, 0) is 48.4 Å². The summed E-state index contributed by atoms with van der Waals surface area (Å²) in [5, 5.41) is 12.4. The molecule has 0 heterocycles. The van der Waals surface area contributed by atoms with E-state index in [2.05, 4.69) is 5.32 Å². The fourth-order valence-corrected chi connectivity index (χ4v) is 2.72. The third kappa shape index (κ3) is 6.18. The number of carbonyl (C=O) groups is 2. The van der Waals surface area contributed by atoms with Crippen molar-refractivity contribution in [3.05, 3.63) is 63.3 Å². The van der Waals surface area contributed by atoms with Crippen LogP contribution in [0.15, 0.2) is 42.1 Å². The second-order valence-corrected chi connectivity index (χ2v) is 6.57. The van der Waals surface area contributed by atoms with Crippen molar-refractivity contribution in [2.45, 2.75) is 20.5 Å². The number of amides is 1. The van der Waals surface area contributed by atoms with Crippen LogP contribution in [0, 0.1) is 0 Å². The van der Waals surface area contributed by atoms with Crippen molar-refractivity contribution >= 4 is 41.2 Å². The Morgan fingerprint density at radius 3 is 2.39 bits per heavy atom. The van der Waals surface area contributed by atoms with Gasteiger partial charge in [0.1, 0.15) is 12.3 Å². The number of halogens is 2. The minimum Gasteiger partial charge on any atom is -0.490 e. The molecule has 8 heteroatoms. The largest absolute Gasteiger partial charge is 0.490 e. The molecule has 0 fully saturated rings. The third-order valence-electron chi connectivity index (χ3n) is 3.48. The van der Waals surface area contributed by atoms with E-state index in [1.54, 1.807) is 25.1 Å². The topological polar surface area (TPSA) is 84.9 Å². The van der Waals surface area contributed by atoms with Gasteiger partial charge in [0.2, 0.25) is 5.91 Å². The summed E-state index contributed by atoms with van der Waals surface area (Å²) < 4.78 is 11.4. The van der Waals surface area contributed by atoms with E-state index in [0.717, 1.165) is 5.56 Å². The van der Waals surface area contributed by atoms with Gasteiger partial charge in [-0.2, -0.15) is 0 Å². The molecule has 0 aliphatic carbocycles. The standard InChI is InChI=1S/C20H19Cl2NO5/c1-3-27-18-10-14(9-17(20(25)26)23-12(2)24)8-16(22)19(18)28-11-13-4-6-15(21)7-5-13/h4-10H,3,11H2,1-2H3,(H,23,24)(H,25,26)/b17-9+. The molecule has 0 aliphatic rings. The van der Waals surface area contributed by atoms with Crippen molar-refractivity contribution in [2.24, 2.45) is 0 Å². The summed E-state index contributed by atoms with van der Waals surface area (Å²) in [5.74, 6) is -1.06. The van der Waals surface area contributed by atoms with Crippen LogP contribution >= 0.6 is 23.2 Å². The van der Waals surface area contributed by atoms with Gasteiger partial charge < -0.3 is 19.9 Å². The Hall–Kier alpha value is -2.70. The fraction of sp³-hybridized carbons (Fsp3) is 0.200. The molecule has 2 aromatic carbocycles. The Labute approximate surface area is 172 Å². The number of nitrogens with one attached hydrogen (secondary N) is 1. The zero-order valence-corrected chi connectivity index (χ0v) is 16.8. The summed E-state index contributed by atoms with van der Waals surface area (Å²) in [7, 11) is 0. The molecule has 28 heavy (non-hydrogen) atoms. The van der Waals surface area contributed by atoms with Crippen LogP contribution < -0.4 is 14.8 Å². The lowest BCUT2D eigenvalue weighted by atomic mass is 10.1. The summed E-state index contributed by atoms with van der Waals surface area (Å²) in [4.78, 5) is 22.5. The smallest absolute Gasteiger partial charge is 0.352 e. The Morgan fingerprint density at radius 1 is 1.14 bits per heavy atom. The first-order valence-electron chi connectivity index (χ1n) is 8.36. The summed E-state index contributed by atoms with van der Waals surface area (Å²) in [6.45, 7) is 3.64. The Balaban J connectivity index is 2.33. The number of carboxylic acids is 1. The number of hydrogen-bond donors (Lipinski definition) is 2. The molecular formula is C20H19Cl2NO5. The molecule has 0 saturated heterocycles. The van der Waals surface area contributed by atoms with Crippen molar-refractivity contribution in [2.75, 3.05) is 6.61 Å². The van der Waals surface area contributed by atoms with Gasteiger partial charge in [-0.25, -0.2) is 4.79 Å². The van der Waals surface area contributed by atoms with Gasteiger partial charge in [-0.15, -0.1) is 0 Å². The molecule has 2 aromatic rings. The van der Waals surface area contributed by atoms with E-state index in [1.165, 1.54) is 19.1 Å². The zero-order chi connectivity index (χ0) is 20.7. The van der Waals surface area contributed by atoms with Crippen LogP contribution in [0.4, 0.5) is 0 Å². The third-order valence-corrected chi connectivity index (χ3v) is 4.01. The molecule has 2 N–H and O–H groups in total. The van der Waals surface area contributed by atoms with Crippen molar-refractivity contribution in [3.63, 3.8) is 0 Å². The number of aliphatic carboxylic acids is 1. The molecule has 0 radical (unpaired) electrons. The van der Waals surface area contributed by atoms with E-state index in [-0.39, 0.29) is 17.3 Å². The van der Waals surface area contributed by atoms with Crippen molar-refractivity contribution in [3.8, 4) is 11.5 Å². The molecule has 0 spiro atoms. The van der Waals surface area contributed by atoms with Crippen molar-refractivity contribution in [1.82, 2.24) is 5.32 Å². The van der Waals surface area contributed by atoms with Crippen molar-refractivity contribution in [1.29, 1.82) is 0 Å². The molecule has 0 saturated carbocycles. The first kappa shape index (κ1) is 21.6. The Kier molecular flexibility index (Phi) is 7.72. The van der Waals surface area contributed by atoms with Crippen LogP contribution in [-0.2, 0) is 16.2 Å². The maximum absolute atomic E-state index is 11.3. The highest BCUT2D eigenvalue weighted by atomic mass is 35.5. The molecule has 6 nitrogen and oxygen atoms in total. The summed E-state index contributed by atoms with van der Waals surface area (Å²) >= 11 is 12.2. The average molecular weight is 424 g/mol. The van der Waals surface area contributed by atoms with Crippen LogP contribution in [0.25, 0.3) is 6.08 Å². The summed E-state index contributed by atoms with van der Waals surface area (Å²) in [5.41, 5.74) is 1.06. The van der Waals surface area contributed by atoms with Gasteiger partial charge in [0.15, 0.2) is 11.5 Å². The lowest BCUT2D eigenvalue weighted by molar-refractivity contribution is -0.134. The zero-order valence-electron chi connectivity index (χ0n) is 15.3. The van der Waals surface area contributed by atoms with Crippen LogP contribution in [0.1, 0.15) is 25.0 Å². The molecule has 148 valence electrons. The van der Waals surface area contributed by atoms with Gasteiger partial charge >= 0.3 is 5.97 Å². The first-order valence-corrected chi connectivity index (χ1v) is 9.12. The van der Waals surface area contributed by atoms with E-state index in [0.29, 0.717) is 28.7 Å². The van der Waals surface area contributed by atoms with Gasteiger partial charge in [0.05, 0.1) is 11.6 Å². The minimum atomic E-state index is -1.27. The van der Waals surface area contributed by atoms with E-state index in [9.17, 15) is 14.7 Å². The first-order chi connectivity index (χ1) is 13.3. The van der Waals surface area contributed by atoms with E-state index < -0.39 is 11.9 Å². The van der Waals surface area contributed by atoms with Crippen LogP contribution in [0.2, 0.25) is 10.0 Å². The predicted molar refractivity (Wildman–Crippen MR) is 108 cm³/mol. The van der Waals surface area contributed by atoms with Gasteiger partial charge in [0, 0.05) is 11.9 Å². The monoisotopic (exact) mass is 423 g/mol. The maximum atomic E-state index is 11.3. The lowest BCUT2D eigenvalue weighted by Crippen LogP contribution is -2.24. The lowest BCUT2D eigenvalue weighted by Gasteiger charge is -2.15. The van der Waals surface area contributed by atoms with Gasteiger partial charge in [-0.3, -0.25) is 4.79 Å². The number of benzene rings is 2. The molecule has 0 aromatic heterocycles. The van der Waals surface area contributed by atoms with Crippen molar-refractivity contribution < 1.29 is 24.2 Å². The quantitative estimate of drug-likeness (QED) is 0.609. The minimum absolute atomic E-state index is 0.248. The molecule has 0 bridgehead atoms. The highest BCUT2D eigenvalue weighted by Crippen LogP contribution is 2.37. The predicted octanol–water partition coefficient (Wildman–Crippen LogP) is 4.53. The molecule has 0 aliphatic heterocycles. The number of hydrogen-bond acceptors (Lipinski definition) is 4. The number of carboxylic acid groups (broad SMARTS) is 1. The highest BCUT2D eigenvalue weighted by Gasteiger charge is 2.15. The normalized spacial score (nSPS) is 11.1. The molecule has 0 unspecified atom stereocenters. The fourth-order valence-electron chi connectivity index (χ4n) is 2.32. The number of carbonyl (C=O) groups excluding carboxylic acids is 1. The number of rotatable bonds is 8.